The molecule has 1 amide bonds. The number of carboxylic acid groups (broad SMARTS) is 1. The Morgan fingerprint density at radius 3 is 1.89 bits per heavy atom. The zero-order valence-corrected chi connectivity index (χ0v) is 24.5. The van der Waals surface area contributed by atoms with Crippen LogP contribution in [-0.2, 0) is 19.1 Å². The van der Waals surface area contributed by atoms with Gasteiger partial charge in [-0.3, -0.25) is 14.4 Å². The van der Waals surface area contributed by atoms with Crippen LogP contribution < -0.4 is 5.32 Å². The van der Waals surface area contributed by atoms with Crippen LogP contribution in [0.5, 0.6) is 0 Å². The highest BCUT2D eigenvalue weighted by Crippen LogP contribution is 2.16. The van der Waals surface area contributed by atoms with Gasteiger partial charge in [0.25, 0.3) is 0 Å². The molecule has 1 unspecified atom stereocenters. The maximum Gasteiger partial charge on any atom is 0.322 e. The van der Waals surface area contributed by atoms with E-state index >= 15 is 0 Å². The van der Waals surface area contributed by atoms with E-state index in [9.17, 15) is 14.4 Å². The molecule has 38 heavy (non-hydrogen) atoms. The van der Waals surface area contributed by atoms with Crippen molar-refractivity contribution in [3.05, 3.63) is 24.3 Å². The van der Waals surface area contributed by atoms with Gasteiger partial charge < -0.3 is 15.2 Å². The third kappa shape index (κ3) is 26.9. The van der Waals surface area contributed by atoms with E-state index in [0.29, 0.717) is 19.3 Å². The lowest BCUT2D eigenvalue weighted by Gasteiger charge is -2.18. The van der Waals surface area contributed by atoms with Gasteiger partial charge in [-0.05, 0) is 64.2 Å². The second-order valence-corrected chi connectivity index (χ2v) is 10.4. The molecule has 0 aliphatic carbocycles. The summed E-state index contributed by atoms with van der Waals surface area (Å²) in [5.74, 6) is -1.34. The lowest BCUT2D eigenvalue weighted by Crippen LogP contribution is -2.28. The summed E-state index contributed by atoms with van der Waals surface area (Å²) in [4.78, 5) is 34.4. The summed E-state index contributed by atoms with van der Waals surface area (Å²) >= 11 is 0. The van der Waals surface area contributed by atoms with Crippen molar-refractivity contribution < 1.29 is 24.2 Å². The Morgan fingerprint density at radius 1 is 0.684 bits per heavy atom. The minimum absolute atomic E-state index is 0.0361. The third-order valence-electron chi connectivity index (χ3n) is 6.63. The highest BCUT2D eigenvalue weighted by atomic mass is 16.5. The van der Waals surface area contributed by atoms with Gasteiger partial charge in [-0.25, -0.2) is 0 Å². The Balaban J connectivity index is 3.79. The van der Waals surface area contributed by atoms with Crippen molar-refractivity contribution in [2.24, 2.45) is 0 Å². The topological polar surface area (TPSA) is 92.7 Å². The summed E-state index contributed by atoms with van der Waals surface area (Å²) in [6, 6.07) is 0. The first-order valence-electron chi connectivity index (χ1n) is 15.5. The molecule has 0 saturated carbocycles. The molecule has 6 heteroatoms. The molecule has 0 aliphatic heterocycles. The maximum atomic E-state index is 12.3. The van der Waals surface area contributed by atoms with Crippen molar-refractivity contribution in [2.45, 2.75) is 155 Å². The van der Waals surface area contributed by atoms with E-state index in [1.165, 1.54) is 44.9 Å². The monoisotopic (exact) mass is 535 g/mol. The van der Waals surface area contributed by atoms with Crippen molar-refractivity contribution in [1.82, 2.24) is 5.32 Å². The van der Waals surface area contributed by atoms with Crippen molar-refractivity contribution in [3.63, 3.8) is 0 Å². The van der Waals surface area contributed by atoms with Gasteiger partial charge in [0, 0.05) is 12.8 Å². The Bertz CT molecular complexity index is 644. The SMILES string of the molecule is CCCCCC/C=C\C/C=C\CCCCCCCC(=O)OC(CCCC)CCCCCC(=O)NCC(=O)O. The number of aliphatic carboxylic acids is 1. The van der Waals surface area contributed by atoms with Crippen LogP contribution in [0.2, 0.25) is 0 Å². The molecule has 0 aromatic carbocycles. The van der Waals surface area contributed by atoms with Crippen molar-refractivity contribution >= 4 is 17.8 Å². The third-order valence-corrected chi connectivity index (χ3v) is 6.63. The summed E-state index contributed by atoms with van der Waals surface area (Å²) in [6.07, 6.45) is 30.5. The van der Waals surface area contributed by atoms with Gasteiger partial charge in [-0.2, -0.15) is 0 Å². The van der Waals surface area contributed by atoms with Gasteiger partial charge in [0.1, 0.15) is 12.6 Å². The van der Waals surface area contributed by atoms with Crippen molar-refractivity contribution in [2.75, 3.05) is 6.54 Å². The standard InChI is InChI=1S/C32H57NO5/c1-3-5-7-8-9-10-11-12-13-14-15-16-17-18-19-23-27-32(37)38-29(24-6-4-2)25-21-20-22-26-30(34)33-28-31(35)36/h10-11,13-14,29H,3-9,12,15-28H2,1-2H3,(H,33,34)(H,35,36)/b11-10-,14-13-. The highest BCUT2D eigenvalue weighted by Gasteiger charge is 2.14. The quantitative estimate of drug-likeness (QED) is 0.0625. The highest BCUT2D eigenvalue weighted by molar-refractivity contribution is 5.80. The van der Waals surface area contributed by atoms with Crippen LogP contribution in [0.1, 0.15) is 149 Å². The van der Waals surface area contributed by atoms with E-state index in [4.69, 9.17) is 9.84 Å². The van der Waals surface area contributed by atoms with Gasteiger partial charge in [-0.15, -0.1) is 0 Å². The number of rotatable bonds is 27. The molecule has 1 atom stereocenters. The molecule has 220 valence electrons. The summed E-state index contributed by atoms with van der Waals surface area (Å²) < 4.78 is 5.77. The van der Waals surface area contributed by atoms with Crippen LogP contribution in [0.25, 0.3) is 0 Å². The minimum Gasteiger partial charge on any atom is -0.480 e. The molecular weight excluding hydrogens is 478 g/mol. The summed E-state index contributed by atoms with van der Waals surface area (Å²) in [5.41, 5.74) is 0. The number of unbranched alkanes of at least 4 members (excludes halogenated alkanes) is 12. The van der Waals surface area contributed by atoms with Gasteiger partial charge in [0.15, 0.2) is 0 Å². The number of allylic oxidation sites excluding steroid dienone is 4. The van der Waals surface area contributed by atoms with Gasteiger partial charge in [-0.1, -0.05) is 95.9 Å². The molecule has 0 saturated heterocycles. The lowest BCUT2D eigenvalue weighted by atomic mass is 10.0. The smallest absolute Gasteiger partial charge is 0.322 e. The molecule has 0 radical (unpaired) electrons. The first-order valence-corrected chi connectivity index (χ1v) is 15.5. The molecular formula is C32H57NO5. The van der Waals surface area contributed by atoms with E-state index in [2.05, 4.69) is 43.5 Å². The van der Waals surface area contributed by atoms with Gasteiger partial charge in [0.05, 0.1) is 0 Å². The van der Waals surface area contributed by atoms with Crippen LogP contribution in [0.3, 0.4) is 0 Å². The van der Waals surface area contributed by atoms with Crippen LogP contribution in [0, 0.1) is 0 Å². The predicted molar refractivity (Wildman–Crippen MR) is 157 cm³/mol. The fraction of sp³-hybridized carbons (Fsp3) is 0.781. The number of hydrogen-bond acceptors (Lipinski definition) is 4. The molecule has 0 heterocycles. The molecule has 2 N–H and O–H groups in total. The Kier molecular flexibility index (Phi) is 26.4. The number of carboxylic acids is 1. The number of amides is 1. The second kappa shape index (κ2) is 27.9. The van der Waals surface area contributed by atoms with E-state index in [-0.39, 0.29) is 24.5 Å². The first-order chi connectivity index (χ1) is 18.5. The number of hydrogen-bond donors (Lipinski definition) is 2. The average Bonchev–Trinajstić information content (AvgIpc) is 2.89. The summed E-state index contributed by atoms with van der Waals surface area (Å²) in [6.45, 7) is 4.05. The number of ether oxygens (including phenoxy) is 1. The Labute approximate surface area is 233 Å². The second-order valence-electron chi connectivity index (χ2n) is 10.4. The van der Waals surface area contributed by atoms with Crippen LogP contribution in [0.4, 0.5) is 0 Å². The molecule has 0 aromatic rings. The molecule has 6 nitrogen and oxygen atoms in total. The fourth-order valence-electron chi connectivity index (χ4n) is 4.29. The lowest BCUT2D eigenvalue weighted by molar-refractivity contribution is -0.150. The molecule has 0 rings (SSSR count). The van der Waals surface area contributed by atoms with E-state index < -0.39 is 5.97 Å². The largest absolute Gasteiger partial charge is 0.480 e. The Morgan fingerprint density at radius 2 is 1.24 bits per heavy atom. The molecule has 0 bridgehead atoms. The molecule has 0 aromatic heterocycles. The number of carbonyl (C=O) groups excluding carboxylic acids is 2. The Hall–Kier alpha value is -2.11. The van der Waals surface area contributed by atoms with E-state index in [1.807, 2.05) is 0 Å². The van der Waals surface area contributed by atoms with Crippen molar-refractivity contribution in [1.29, 1.82) is 0 Å². The normalized spacial score (nSPS) is 12.3. The zero-order valence-electron chi connectivity index (χ0n) is 24.5. The number of nitrogens with one attached hydrogen (secondary N) is 1. The summed E-state index contributed by atoms with van der Waals surface area (Å²) in [7, 11) is 0. The minimum atomic E-state index is -1.03. The predicted octanol–water partition coefficient (Wildman–Crippen LogP) is 8.44. The fourth-order valence-corrected chi connectivity index (χ4v) is 4.29. The van der Waals surface area contributed by atoms with Crippen molar-refractivity contribution in [3.8, 4) is 0 Å². The molecule has 0 aliphatic rings. The van der Waals surface area contributed by atoms with Crippen LogP contribution in [-0.4, -0.2) is 35.6 Å². The molecule has 0 fully saturated rings. The molecule has 0 spiro atoms. The van der Waals surface area contributed by atoms with Gasteiger partial charge in [0.2, 0.25) is 5.91 Å². The van der Waals surface area contributed by atoms with Crippen LogP contribution >= 0.6 is 0 Å². The van der Waals surface area contributed by atoms with E-state index in [0.717, 1.165) is 70.6 Å². The van der Waals surface area contributed by atoms with E-state index in [1.54, 1.807) is 0 Å². The zero-order chi connectivity index (χ0) is 28.1. The summed E-state index contributed by atoms with van der Waals surface area (Å²) in [5, 5.41) is 11.0. The number of carbonyl (C=O) groups is 3. The average molecular weight is 536 g/mol. The van der Waals surface area contributed by atoms with Crippen LogP contribution in [0.15, 0.2) is 24.3 Å². The maximum absolute atomic E-state index is 12.3. The van der Waals surface area contributed by atoms with Gasteiger partial charge >= 0.3 is 11.9 Å². The first kappa shape index (κ1) is 35.9. The number of esters is 1.